The normalized spacial score (nSPS) is 25.2. The lowest BCUT2D eigenvalue weighted by atomic mass is 9.78. The van der Waals surface area contributed by atoms with Crippen LogP contribution in [0.15, 0.2) is 30.5 Å². The molecule has 2 saturated carbocycles. The Morgan fingerprint density at radius 1 is 1.00 bits per heavy atom. The van der Waals surface area contributed by atoms with Crippen LogP contribution in [-0.2, 0) is 11.3 Å². The van der Waals surface area contributed by atoms with Crippen LogP contribution in [0.5, 0.6) is 0 Å². The van der Waals surface area contributed by atoms with Gasteiger partial charge < -0.3 is 20.9 Å². The van der Waals surface area contributed by atoms with Gasteiger partial charge in [0, 0.05) is 42.1 Å². The van der Waals surface area contributed by atoms with Crippen LogP contribution in [0.3, 0.4) is 0 Å². The number of nitrogens with one attached hydrogen (secondary N) is 2. The zero-order valence-electron chi connectivity index (χ0n) is 21.2. The molecule has 5 nitrogen and oxygen atoms in total. The van der Waals surface area contributed by atoms with Crippen molar-refractivity contribution in [3.8, 4) is 0 Å². The molecule has 2 heterocycles. The number of aromatic nitrogens is 1. The SMILES string of the molecule is Cl.NC1CCC(NC(=O)CC(c2cn(CC3CCCCC3)c3ccccc23)C2CCNCC2)CC1. The van der Waals surface area contributed by atoms with Gasteiger partial charge in [0.15, 0.2) is 0 Å². The number of carbonyl (C=O) groups is 1. The number of halogens is 1. The molecule has 0 bridgehead atoms. The number of amides is 1. The topological polar surface area (TPSA) is 72.1 Å². The minimum absolute atomic E-state index is 0. The first-order valence-corrected chi connectivity index (χ1v) is 14.0. The van der Waals surface area contributed by atoms with E-state index >= 15 is 0 Å². The maximum Gasteiger partial charge on any atom is 0.220 e. The Hall–Kier alpha value is -1.56. The van der Waals surface area contributed by atoms with Gasteiger partial charge in [-0.3, -0.25) is 4.79 Å². The minimum atomic E-state index is 0. The van der Waals surface area contributed by atoms with E-state index in [9.17, 15) is 4.79 Å². The Bertz CT molecular complexity index is 939. The average Bonchev–Trinajstić information content (AvgIpc) is 3.23. The number of benzene rings is 1. The number of hydrogen-bond donors (Lipinski definition) is 3. The van der Waals surface area contributed by atoms with Crippen LogP contribution in [0.2, 0.25) is 0 Å². The Labute approximate surface area is 217 Å². The van der Waals surface area contributed by atoms with E-state index in [2.05, 4.69) is 45.7 Å². The molecule has 1 aromatic carbocycles. The second kappa shape index (κ2) is 12.6. The van der Waals surface area contributed by atoms with Crippen molar-refractivity contribution in [1.29, 1.82) is 0 Å². The van der Waals surface area contributed by atoms with Gasteiger partial charge >= 0.3 is 0 Å². The molecular formula is C29H45ClN4O. The lowest BCUT2D eigenvalue weighted by Gasteiger charge is -2.32. The van der Waals surface area contributed by atoms with Crippen molar-refractivity contribution in [1.82, 2.24) is 15.2 Å². The standard InChI is InChI=1S/C29H44N4O.ClH/c30-23-10-12-24(13-11-23)32-29(34)18-26(22-14-16-31-17-15-22)27-20-33(19-21-6-2-1-3-7-21)28-9-5-4-8-25(27)28;/h4-5,8-9,20-24,26,31H,1-3,6-7,10-19,30H2,(H,32,34);1H. The van der Waals surface area contributed by atoms with E-state index in [-0.39, 0.29) is 24.2 Å². The lowest BCUT2D eigenvalue weighted by Crippen LogP contribution is -2.41. The minimum Gasteiger partial charge on any atom is -0.353 e. The molecule has 0 spiro atoms. The van der Waals surface area contributed by atoms with Crippen LogP contribution in [0, 0.1) is 11.8 Å². The summed E-state index contributed by atoms with van der Waals surface area (Å²) in [6.45, 7) is 3.24. The summed E-state index contributed by atoms with van der Waals surface area (Å²) in [6, 6.07) is 9.52. The molecule has 194 valence electrons. The van der Waals surface area contributed by atoms with E-state index in [1.165, 1.54) is 48.6 Å². The van der Waals surface area contributed by atoms with Crippen molar-refractivity contribution >= 4 is 29.2 Å². The summed E-state index contributed by atoms with van der Waals surface area (Å²) < 4.78 is 2.52. The van der Waals surface area contributed by atoms with Gasteiger partial charge in [0.25, 0.3) is 0 Å². The summed E-state index contributed by atoms with van der Waals surface area (Å²) in [7, 11) is 0. The summed E-state index contributed by atoms with van der Waals surface area (Å²) in [4.78, 5) is 13.3. The molecule has 1 unspecified atom stereocenters. The highest BCUT2D eigenvalue weighted by molar-refractivity contribution is 5.86. The fourth-order valence-electron chi connectivity index (χ4n) is 6.90. The van der Waals surface area contributed by atoms with Gasteiger partial charge in [-0.2, -0.15) is 0 Å². The fourth-order valence-corrected chi connectivity index (χ4v) is 6.90. The number of piperidine rings is 1. The summed E-state index contributed by atoms with van der Waals surface area (Å²) in [5, 5.41) is 8.27. The summed E-state index contributed by atoms with van der Waals surface area (Å²) in [6.07, 6.45) is 16.3. The molecule has 1 saturated heterocycles. The predicted octanol–water partition coefficient (Wildman–Crippen LogP) is 5.50. The van der Waals surface area contributed by atoms with Gasteiger partial charge in [0.2, 0.25) is 5.91 Å². The van der Waals surface area contributed by atoms with E-state index in [4.69, 9.17) is 5.73 Å². The maximum atomic E-state index is 13.3. The van der Waals surface area contributed by atoms with E-state index in [1.807, 2.05) is 0 Å². The van der Waals surface area contributed by atoms with E-state index < -0.39 is 0 Å². The Morgan fingerprint density at radius 2 is 1.71 bits per heavy atom. The summed E-state index contributed by atoms with van der Waals surface area (Å²) in [5.41, 5.74) is 8.84. The Balaban J connectivity index is 0.00000289. The lowest BCUT2D eigenvalue weighted by molar-refractivity contribution is -0.122. The number of para-hydroxylation sites is 1. The number of fused-ring (bicyclic) bond motifs is 1. The molecule has 0 radical (unpaired) electrons. The number of nitrogens with zero attached hydrogens (tertiary/aromatic N) is 1. The zero-order chi connectivity index (χ0) is 23.3. The summed E-state index contributed by atoms with van der Waals surface area (Å²) in [5.74, 6) is 1.86. The number of hydrogen-bond acceptors (Lipinski definition) is 3. The first-order valence-electron chi connectivity index (χ1n) is 14.0. The smallest absolute Gasteiger partial charge is 0.220 e. The molecule has 2 aliphatic carbocycles. The van der Waals surface area contributed by atoms with Gasteiger partial charge in [-0.15, -0.1) is 12.4 Å². The third kappa shape index (κ3) is 6.61. The molecule has 1 amide bonds. The van der Waals surface area contributed by atoms with Crippen molar-refractivity contribution in [3.05, 3.63) is 36.0 Å². The number of rotatable bonds is 7. The van der Waals surface area contributed by atoms with Crippen molar-refractivity contribution in [2.45, 2.75) is 102 Å². The number of carbonyl (C=O) groups excluding carboxylic acids is 1. The molecule has 35 heavy (non-hydrogen) atoms. The molecule has 1 aromatic heterocycles. The van der Waals surface area contributed by atoms with E-state index in [0.717, 1.165) is 64.1 Å². The highest BCUT2D eigenvalue weighted by Gasteiger charge is 2.31. The molecule has 5 rings (SSSR count). The molecule has 6 heteroatoms. The molecule has 1 aliphatic heterocycles. The van der Waals surface area contributed by atoms with Crippen molar-refractivity contribution in [2.75, 3.05) is 13.1 Å². The van der Waals surface area contributed by atoms with Crippen LogP contribution in [0.1, 0.15) is 88.5 Å². The van der Waals surface area contributed by atoms with Crippen LogP contribution < -0.4 is 16.4 Å². The van der Waals surface area contributed by atoms with Gasteiger partial charge in [-0.05, 0) is 93.8 Å². The molecule has 3 aliphatic rings. The van der Waals surface area contributed by atoms with Crippen molar-refractivity contribution < 1.29 is 4.79 Å². The van der Waals surface area contributed by atoms with Crippen LogP contribution in [0.25, 0.3) is 10.9 Å². The van der Waals surface area contributed by atoms with Gasteiger partial charge in [0.05, 0.1) is 0 Å². The van der Waals surface area contributed by atoms with Crippen molar-refractivity contribution in [2.24, 2.45) is 17.6 Å². The van der Waals surface area contributed by atoms with Gasteiger partial charge in [0.1, 0.15) is 0 Å². The van der Waals surface area contributed by atoms with Crippen molar-refractivity contribution in [3.63, 3.8) is 0 Å². The quantitative estimate of drug-likeness (QED) is 0.469. The Kier molecular flexibility index (Phi) is 9.54. The molecule has 4 N–H and O–H groups in total. The van der Waals surface area contributed by atoms with Crippen LogP contribution >= 0.6 is 12.4 Å². The Morgan fingerprint density at radius 3 is 2.46 bits per heavy atom. The third-order valence-electron chi connectivity index (χ3n) is 8.89. The molecule has 1 atom stereocenters. The van der Waals surface area contributed by atoms with Gasteiger partial charge in [-0.25, -0.2) is 0 Å². The second-order valence-electron chi connectivity index (χ2n) is 11.3. The van der Waals surface area contributed by atoms with E-state index in [0.29, 0.717) is 24.4 Å². The average molecular weight is 501 g/mol. The highest BCUT2D eigenvalue weighted by Crippen LogP contribution is 2.39. The van der Waals surface area contributed by atoms with E-state index in [1.54, 1.807) is 0 Å². The predicted molar refractivity (Wildman–Crippen MR) is 147 cm³/mol. The molecule has 2 aromatic rings. The number of nitrogens with two attached hydrogens (primary N) is 1. The van der Waals surface area contributed by atoms with Crippen LogP contribution in [-0.4, -0.2) is 35.6 Å². The zero-order valence-corrected chi connectivity index (χ0v) is 22.0. The highest BCUT2D eigenvalue weighted by atomic mass is 35.5. The molecule has 3 fully saturated rings. The first kappa shape index (κ1) is 26.5. The monoisotopic (exact) mass is 500 g/mol. The largest absolute Gasteiger partial charge is 0.353 e. The first-order chi connectivity index (χ1) is 16.7. The second-order valence-corrected chi connectivity index (χ2v) is 11.3. The van der Waals surface area contributed by atoms with Crippen LogP contribution in [0.4, 0.5) is 0 Å². The molecular weight excluding hydrogens is 456 g/mol. The summed E-state index contributed by atoms with van der Waals surface area (Å²) >= 11 is 0. The maximum absolute atomic E-state index is 13.3. The third-order valence-corrected chi connectivity index (χ3v) is 8.89. The fraction of sp³-hybridized carbons (Fsp3) is 0.690. The van der Waals surface area contributed by atoms with Gasteiger partial charge in [-0.1, -0.05) is 37.5 Å².